The van der Waals surface area contributed by atoms with Crippen LogP contribution in [0.3, 0.4) is 0 Å². The molecule has 0 bridgehead atoms. The van der Waals surface area contributed by atoms with Crippen LogP contribution in [-0.2, 0) is 0 Å². The summed E-state index contributed by atoms with van der Waals surface area (Å²) in [5.74, 6) is 0. The molecule has 0 unspecified atom stereocenters. The van der Waals surface area contributed by atoms with Crippen LogP contribution in [0.4, 0.5) is 0 Å². The van der Waals surface area contributed by atoms with Crippen molar-refractivity contribution >= 4 is 11.8 Å². The molecule has 0 saturated heterocycles. The molecule has 66 valence electrons. The Bertz CT molecular complexity index is 221. The molecule has 0 aromatic rings. The van der Waals surface area contributed by atoms with Gasteiger partial charge in [-0.25, -0.2) is 0 Å². The van der Waals surface area contributed by atoms with Gasteiger partial charge in [0.15, 0.2) is 0 Å². The summed E-state index contributed by atoms with van der Waals surface area (Å²) < 4.78 is 0.0139. The van der Waals surface area contributed by atoms with E-state index in [0.717, 1.165) is 12.8 Å². The molecule has 2 heteroatoms. The lowest BCUT2D eigenvalue weighted by molar-refractivity contribution is 0.738. The highest BCUT2D eigenvalue weighted by Gasteiger charge is 2.35. The van der Waals surface area contributed by atoms with Crippen LogP contribution in [0.25, 0.3) is 0 Å². The largest absolute Gasteiger partial charge is 0.197 e. The van der Waals surface area contributed by atoms with Crippen molar-refractivity contribution in [1.29, 1.82) is 5.26 Å². The molecule has 0 aromatic carbocycles. The van der Waals surface area contributed by atoms with Gasteiger partial charge in [0, 0.05) is 4.75 Å². The van der Waals surface area contributed by atoms with Crippen LogP contribution in [0.1, 0.15) is 33.6 Å². The smallest absolute Gasteiger partial charge is 0.110 e. The Morgan fingerprint density at radius 1 is 1.33 bits per heavy atom. The predicted molar refractivity (Wildman–Crippen MR) is 54.1 cm³/mol. The molecule has 0 N–H and O–H groups in total. The van der Waals surface area contributed by atoms with Gasteiger partial charge in [-0.2, -0.15) is 5.26 Å². The maximum Gasteiger partial charge on any atom is 0.110 e. The quantitative estimate of drug-likeness (QED) is 0.580. The molecule has 0 radical (unpaired) electrons. The SMILES string of the molecule is CC(C)(C)SC1(C#N)CC=CC1. The predicted octanol–water partition coefficient (Wildman–Crippen LogP) is 3.13. The van der Waals surface area contributed by atoms with E-state index in [4.69, 9.17) is 5.26 Å². The van der Waals surface area contributed by atoms with Gasteiger partial charge in [-0.1, -0.05) is 32.9 Å². The first-order valence-electron chi connectivity index (χ1n) is 4.24. The standard InChI is InChI=1S/C10H15NS/c1-9(2,3)12-10(8-11)6-4-5-7-10/h4-5H,6-7H2,1-3H3. The summed E-state index contributed by atoms with van der Waals surface area (Å²) in [6.07, 6.45) is 6.04. The first-order chi connectivity index (χ1) is 5.47. The molecule has 1 aliphatic rings. The third-order valence-corrected chi connectivity index (χ3v) is 3.19. The molecule has 0 spiro atoms. The lowest BCUT2D eigenvalue weighted by Crippen LogP contribution is -2.25. The topological polar surface area (TPSA) is 23.8 Å². The molecule has 0 atom stereocenters. The van der Waals surface area contributed by atoms with E-state index in [9.17, 15) is 0 Å². The highest BCUT2D eigenvalue weighted by atomic mass is 32.2. The third kappa shape index (κ3) is 2.28. The van der Waals surface area contributed by atoms with Crippen LogP contribution in [0.15, 0.2) is 12.2 Å². The second-order valence-corrected chi connectivity index (χ2v) is 6.41. The number of rotatable bonds is 1. The van der Waals surface area contributed by atoms with Crippen molar-refractivity contribution in [1.82, 2.24) is 0 Å². The summed E-state index contributed by atoms with van der Waals surface area (Å²) in [5.41, 5.74) is 0. The summed E-state index contributed by atoms with van der Waals surface area (Å²) >= 11 is 1.79. The number of nitrogens with zero attached hydrogens (tertiary/aromatic N) is 1. The van der Waals surface area contributed by atoms with Gasteiger partial charge in [-0.05, 0) is 12.8 Å². The third-order valence-electron chi connectivity index (χ3n) is 1.77. The Balaban J connectivity index is 2.66. The van der Waals surface area contributed by atoms with Crippen LogP contribution in [0.2, 0.25) is 0 Å². The van der Waals surface area contributed by atoms with E-state index in [1.54, 1.807) is 11.8 Å². The average Bonchev–Trinajstić information content (AvgIpc) is 2.34. The molecular formula is C10H15NS. The number of allylic oxidation sites excluding steroid dienone is 2. The Hall–Kier alpha value is -0.420. The van der Waals surface area contributed by atoms with Crippen molar-refractivity contribution in [3.8, 4) is 6.07 Å². The van der Waals surface area contributed by atoms with E-state index in [1.165, 1.54) is 0 Å². The van der Waals surface area contributed by atoms with Gasteiger partial charge in [0.1, 0.15) is 4.75 Å². The van der Waals surface area contributed by atoms with Gasteiger partial charge in [0.2, 0.25) is 0 Å². The van der Waals surface area contributed by atoms with Gasteiger partial charge in [-0.15, -0.1) is 11.8 Å². The zero-order valence-corrected chi connectivity index (χ0v) is 8.74. The first-order valence-corrected chi connectivity index (χ1v) is 5.06. The normalized spacial score (nSPS) is 20.8. The molecule has 1 nitrogen and oxygen atoms in total. The number of nitriles is 1. The lowest BCUT2D eigenvalue weighted by atomic mass is 10.1. The molecule has 0 saturated carbocycles. The molecule has 1 aliphatic carbocycles. The van der Waals surface area contributed by atoms with Gasteiger partial charge < -0.3 is 0 Å². The molecule has 12 heavy (non-hydrogen) atoms. The van der Waals surface area contributed by atoms with Crippen molar-refractivity contribution in [3.05, 3.63) is 12.2 Å². The molecule has 0 aromatic heterocycles. The molecule has 1 rings (SSSR count). The van der Waals surface area contributed by atoms with Crippen molar-refractivity contribution in [2.45, 2.75) is 43.1 Å². The molecule has 0 amide bonds. The minimum absolute atomic E-state index is 0.168. The first kappa shape index (κ1) is 9.67. The summed E-state index contributed by atoms with van der Waals surface area (Å²) in [6, 6.07) is 2.43. The minimum Gasteiger partial charge on any atom is -0.197 e. The van der Waals surface area contributed by atoms with Crippen molar-refractivity contribution in [2.75, 3.05) is 0 Å². The van der Waals surface area contributed by atoms with Crippen LogP contribution in [0, 0.1) is 11.3 Å². The zero-order chi connectivity index (χ0) is 9.24. The van der Waals surface area contributed by atoms with Crippen LogP contribution in [0.5, 0.6) is 0 Å². The Kier molecular flexibility index (Phi) is 2.53. The van der Waals surface area contributed by atoms with Gasteiger partial charge in [0.25, 0.3) is 0 Å². The van der Waals surface area contributed by atoms with Crippen molar-refractivity contribution < 1.29 is 0 Å². The van der Waals surface area contributed by atoms with Gasteiger partial charge in [-0.3, -0.25) is 0 Å². The Morgan fingerprint density at radius 2 is 1.83 bits per heavy atom. The van der Waals surface area contributed by atoms with E-state index in [2.05, 4.69) is 39.0 Å². The Morgan fingerprint density at radius 3 is 2.17 bits per heavy atom. The fraction of sp³-hybridized carbons (Fsp3) is 0.700. The van der Waals surface area contributed by atoms with E-state index >= 15 is 0 Å². The molecular weight excluding hydrogens is 166 g/mol. The summed E-state index contributed by atoms with van der Waals surface area (Å²) in [7, 11) is 0. The highest BCUT2D eigenvalue weighted by Crippen LogP contribution is 2.43. The zero-order valence-electron chi connectivity index (χ0n) is 7.92. The number of hydrogen-bond acceptors (Lipinski definition) is 2. The molecule has 0 heterocycles. The number of thioether (sulfide) groups is 1. The van der Waals surface area contributed by atoms with Gasteiger partial charge >= 0.3 is 0 Å². The summed E-state index contributed by atoms with van der Waals surface area (Å²) in [5, 5.41) is 9.07. The van der Waals surface area contributed by atoms with E-state index in [0.29, 0.717) is 0 Å². The summed E-state index contributed by atoms with van der Waals surface area (Å²) in [4.78, 5) is 0. The maximum atomic E-state index is 9.07. The second-order valence-electron chi connectivity index (χ2n) is 4.20. The number of hydrogen-bond donors (Lipinski definition) is 0. The molecule has 0 aliphatic heterocycles. The van der Waals surface area contributed by atoms with Crippen molar-refractivity contribution in [2.24, 2.45) is 0 Å². The summed E-state index contributed by atoms with van der Waals surface area (Å²) in [6.45, 7) is 6.49. The van der Waals surface area contributed by atoms with Crippen LogP contribution < -0.4 is 0 Å². The van der Waals surface area contributed by atoms with Crippen molar-refractivity contribution in [3.63, 3.8) is 0 Å². The van der Waals surface area contributed by atoms with E-state index in [1.807, 2.05) is 0 Å². The van der Waals surface area contributed by atoms with Crippen LogP contribution >= 0.6 is 11.8 Å². The van der Waals surface area contributed by atoms with Crippen LogP contribution in [-0.4, -0.2) is 9.49 Å². The lowest BCUT2D eigenvalue weighted by Gasteiger charge is -2.28. The van der Waals surface area contributed by atoms with E-state index < -0.39 is 0 Å². The second kappa shape index (κ2) is 3.14. The maximum absolute atomic E-state index is 9.07. The average molecular weight is 181 g/mol. The monoisotopic (exact) mass is 181 g/mol. The Labute approximate surface area is 78.8 Å². The minimum atomic E-state index is -0.168. The highest BCUT2D eigenvalue weighted by molar-refractivity contribution is 8.02. The fourth-order valence-corrected chi connectivity index (χ4v) is 2.99. The molecule has 0 fully saturated rings. The fourth-order valence-electron chi connectivity index (χ4n) is 1.41. The van der Waals surface area contributed by atoms with E-state index in [-0.39, 0.29) is 9.49 Å². The van der Waals surface area contributed by atoms with Gasteiger partial charge in [0.05, 0.1) is 6.07 Å².